The van der Waals surface area contributed by atoms with Gasteiger partial charge in [0.25, 0.3) is 5.91 Å². The van der Waals surface area contributed by atoms with E-state index in [1.807, 2.05) is 48.8 Å². The van der Waals surface area contributed by atoms with Crippen LogP contribution in [0, 0.1) is 0 Å². The van der Waals surface area contributed by atoms with E-state index in [-0.39, 0.29) is 11.1 Å². The fourth-order valence-electron chi connectivity index (χ4n) is 5.71. The number of carbonyl (C=O) groups excluding carboxylic acids is 1. The first kappa shape index (κ1) is 23.8. The highest BCUT2D eigenvalue weighted by Crippen LogP contribution is 2.41. The summed E-state index contributed by atoms with van der Waals surface area (Å²) in [6.07, 6.45) is 2.62. The van der Waals surface area contributed by atoms with Crippen LogP contribution in [0.1, 0.15) is 45.8 Å². The zero-order valence-electron chi connectivity index (χ0n) is 21.6. The molecule has 1 unspecified atom stereocenters. The van der Waals surface area contributed by atoms with Crippen molar-refractivity contribution in [2.75, 3.05) is 32.6 Å². The topological polar surface area (TPSA) is 96.9 Å². The Bertz CT molecular complexity index is 1740. The Labute approximate surface area is 223 Å². The summed E-state index contributed by atoms with van der Waals surface area (Å²) in [4.78, 5) is 24.5. The van der Waals surface area contributed by atoms with Gasteiger partial charge >= 0.3 is 0 Å². The molecule has 2 aliphatic heterocycles. The monoisotopic (exact) mass is 526 g/mol. The Morgan fingerprint density at radius 3 is 2.90 bits per heavy atom. The smallest absolute Gasteiger partial charge is 0.256 e. The Morgan fingerprint density at radius 2 is 2.08 bits per heavy atom. The molecule has 0 radical (unpaired) electrons. The maximum atomic E-state index is 15.4. The quantitative estimate of drug-likeness (QED) is 0.295. The molecule has 198 valence electrons. The molecular weight excluding hydrogens is 499 g/mol. The fourth-order valence-corrected chi connectivity index (χ4v) is 5.71. The van der Waals surface area contributed by atoms with E-state index < -0.39 is 12.2 Å². The summed E-state index contributed by atoms with van der Waals surface area (Å²) < 4.78 is 28.5. The van der Waals surface area contributed by atoms with E-state index in [0.29, 0.717) is 53.1 Å². The minimum atomic E-state index is -1.65. The van der Waals surface area contributed by atoms with E-state index >= 15 is 4.39 Å². The number of benzene rings is 1. The number of hydrogen-bond acceptors (Lipinski definition) is 7. The lowest BCUT2D eigenvalue weighted by atomic mass is 9.96. The van der Waals surface area contributed by atoms with Gasteiger partial charge in [-0.2, -0.15) is 0 Å². The van der Waals surface area contributed by atoms with Crippen LogP contribution in [-0.2, 0) is 11.3 Å². The molecule has 39 heavy (non-hydrogen) atoms. The average Bonchev–Trinajstić information content (AvgIpc) is 3.71. The van der Waals surface area contributed by atoms with Gasteiger partial charge in [0.1, 0.15) is 11.5 Å². The Morgan fingerprint density at radius 1 is 1.18 bits per heavy atom. The molecule has 1 saturated heterocycles. The molecule has 0 bridgehead atoms. The van der Waals surface area contributed by atoms with Gasteiger partial charge in [-0.25, -0.2) is 14.4 Å². The molecule has 1 amide bonds. The SMILES string of the molecule is CN(C)Cc1nc(Nc2ccc(-c3cnc4ccc5occc5n34)c3c2C(=O)N[C@@H]3F)ccc1C1CCOC1. The number of halogens is 1. The number of fused-ring (bicyclic) bond motifs is 4. The molecule has 10 heteroatoms. The van der Waals surface area contributed by atoms with Gasteiger partial charge in [0.2, 0.25) is 0 Å². The van der Waals surface area contributed by atoms with Crippen molar-refractivity contribution in [1.82, 2.24) is 24.6 Å². The van der Waals surface area contributed by atoms with Crippen LogP contribution in [0.15, 0.2) is 59.3 Å². The molecule has 9 nitrogen and oxygen atoms in total. The van der Waals surface area contributed by atoms with Gasteiger partial charge in [-0.3, -0.25) is 9.20 Å². The first-order valence-corrected chi connectivity index (χ1v) is 12.9. The van der Waals surface area contributed by atoms with Crippen LogP contribution in [0.5, 0.6) is 0 Å². The van der Waals surface area contributed by atoms with Crippen molar-refractivity contribution in [1.29, 1.82) is 0 Å². The summed E-state index contributed by atoms with van der Waals surface area (Å²) in [7, 11) is 4.01. The number of nitrogens with zero attached hydrogens (tertiary/aromatic N) is 4. The van der Waals surface area contributed by atoms with E-state index in [2.05, 4.69) is 26.6 Å². The van der Waals surface area contributed by atoms with Crippen molar-refractivity contribution >= 4 is 34.2 Å². The zero-order chi connectivity index (χ0) is 26.7. The third-order valence-electron chi connectivity index (χ3n) is 7.45. The second-order valence-corrected chi connectivity index (χ2v) is 10.3. The second-order valence-electron chi connectivity index (χ2n) is 10.3. The van der Waals surface area contributed by atoms with Gasteiger partial charge in [-0.1, -0.05) is 12.1 Å². The van der Waals surface area contributed by atoms with Crippen LogP contribution < -0.4 is 10.6 Å². The van der Waals surface area contributed by atoms with Crippen LogP contribution in [0.25, 0.3) is 28.0 Å². The number of rotatable bonds is 6. The number of anilines is 2. The predicted molar refractivity (Wildman–Crippen MR) is 145 cm³/mol. The Hall–Kier alpha value is -4.28. The zero-order valence-corrected chi connectivity index (χ0v) is 21.6. The number of amides is 1. The highest BCUT2D eigenvalue weighted by molar-refractivity contribution is 6.06. The number of imidazole rings is 1. The van der Waals surface area contributed by atoms with E-state index in [9.17, 15) is 4.79 Å². The lowest BCUT2D eigenvalue weighted by Gasteiger charge is -2.19. The number of aromatic nitrogens is 3. The molecule has 4 aromatic heterocycles. The number of ether oxygens (including phenoxy) is 1. The highest BCUT2D eigenvalue weighted by Gasteiger charge is 2.35. The van der Waals surface area contributed by atoms with Crippen LogP contribution >= 0.6 is 0 Å². The van der Waals surface area contributed by atoms with Crippen LogP contribution in [0.3, 0.4) is 0 Å². The van der Waals surface area contributed by atoms with Gasteiger partial charge in [0.05, 0.1) is 47.2 Å². The number of alkyl halides is 1. The van der Waals surface area contributed by atoms with Gasteiger partial charge in [0.15, 0.2) is 11.9 Å². The molecule has 6 heterocycles. The highest BCUT2D eigenvalue weighted by atomic mass is 19.1. The number of carbonyl (C=O) groups is 1. The summed E-state index contributed by atoms with van der Waals surface area (Å²) in [5, 5.41) is 5.74. The van der Waals surface area contributed by atoms with E-state index in [4.69, 9.17) is 14.1 Å². The molecular formula is C29H27FN6O3. The first-order chi connectivity index (χ1) is 19.0. The summed E-state index contributed by atoms with van der Waals surface area (Å²) in [5.74, 6) is 0.433. The summed E-state index contributed by atoms with van der Waals surface area (Å²) in [6.45, 7) is 2.11. The Kier molecular flexibility index (Phi) is 5.60. The molecule has 0 spiro atoms. The van der Waals surface area contributed by atoms with Crippen molar-refractivity contribution in [3.8, 4) is 11.3 Å². The van der Waals surface area contributed by atoms with E-state index in [1.165, 1.54) is 5.56 Å². The molecule has 2 aliphatic rings. The largest absolute Gasteiger partial charge is 0.463 e. The van der Waals surface area contributed by atoms with Gasteiger partial charge in [0, 0.05) is 36.3 Å². The standard InChI is InChI=1S/C29H27FN6O3/c1-35(2)14-20-17(16-9-11-38-15-16)4-7-24(33-20)32-19-5-3-18(26-27(19)29(37)34-28(26)30)22-13-31-25-8-6-23-21(36(22)25)10-12-39-23/h3-8,10,12-13,16,28H,9,11,14-15H2,1-2H3,(H,32,33)(H,34,37)/t16?,28-/m0/s1. The normalized spacial score (nSPS) is 18.8. The maximum absolute atomic E-state index is 15.4. The predicted octanol–water partition coefficient (Wildman–Crippen LogP) is 5.16. The van der Waals surface area contributed by atoms with Crippen molar-refractivity contribution in [3.05, 3.63) is 77.3 Å². The molecule has 2 N–H and O–H groups in total. The molecule has 2 atom stereocenters. The van der Waals surface area contributed by atoms with E-state index in [1.54, 1.807) is 18.5 Å². The van der Waals surface area contributed by atoms with Gasteiger partial charge < -0.3 is 24.7 Å². The summed E-state index contributed by atoms with van der Waals surface area (Å²) >= 11 is 0. The minimum absolute atomic E-state index is 0.263. The third kappa shape index (κ3) is 3.95. The molecule has 7 rings (SSSR count). The minimum Gasteiger partial charge on any atom is -0.463 e. The van der Waals surface area contributed by atoms with Gasteiger partial charge in [-0.15, -0.1) is 0 Å². The number of pyridine rings is 2. The van der Waals surface area contributed by atoms with E-state index in [0.717, 1.165) is 24.2 Å². The van der Waals surface area contributed by atoms with Crippen molar-refractivity contribution in [3.63, 3.8) is 0 Å². The van der Waals surface area contributed by atoms with Crippen LogP contribution in [-0.4, -0.2) is 52.5 Å². The van der Waals surface area contributed by atoms with Gasteiger partial charge in [-0.05, 0) is 50.3 Å². The molecule has 1 fully saturated rings. The van der Waals surface area contributed by atoms with Crippen LogP contribution in [0.4, 0.5) is 15.9 Å². The van der Waals surface area contributed by atoms with Crippen LogP contribution in [0.2, 0.25) is 0 Å². The Balaban J connectivity index is 1.32. The molecule has 0 saturated carbocycles. The third-order valence-corrected chi connectivity index (χ3v) is 7.45. The lowest BCUT2D eigenvalue weighted by molar-refractivity contribution is 0.0929. The average molecular weight is 527 g/mol. The van der Waals surface area contributed by atoms with Crippen molar-refractivity contribution in [2.24, 2.45) is 0 Å². The second kappa shape index (κ2) is 9.18. The number of hydrogen-bond donors (Lipinski definition) is 2. The maximum Gasteiger partial charge on any atom is 0.256 e. The first-order valence-electron chi connectivity index (χ1n) is 12.9. The number of furan rings is 1. The molecule has 1 aromatic carbocycles. The summed E-state index contributed by atoms with van der Waals surface area (Å²) in [6, 6.07) is 13.2. The molecule has 0 aliphatic carbocycles. The van der Waals surface area contributed by atoms with Crippen molar-refractivity contribution in [2.45, 2.75) is 25.2 Å². The summed E-state index contributed by atoms with van der Waals surface area (Å²) in [5.41, 5.74) is 6.63. The fraction of sp³-hybridized carbons (Fsp3) is 0.276. The number of nitrogens with one attached hydrogen (secondary N) is 2. The lowest BCUT2D eigenvalue weighted by Crippen LogP contribution is -2.17. The molecule has 5 aromatic rings. The van der Waals surface area contributed by atoms with Crippen molar-refractivity contribution < 1.29 is 18.3 Å².